The van der Waals surface area contributed by atoms with Crippen molar-refractivity contribution in [3.05, 3.63) is 29.8 Å². The van der Waals surface area contributed by atoms with Crippen molar-refractivity contribution in [2.75, 3.05) is 0 Å². The number of benzene rings is 1. The summed E-state index contributed by atoms with van der Waals surface area (Å²) in [5, 5.41) is 0. The Kier molecular flexibility index (Phi) is 3.38. The molecular weight excluding hydrogens is 276 g/mol. The maximum Gasteiger partial charge on any atom is 0.261 e. The molecule has 0 aliphatic carbocycles. The van der Waals surface area contributed by atoms with E-state index in [1.165, 1.54) is 6.07 Å². The van der Waals surface area contributed by atoms with E-state index in [1.54, 1.807) is 18.2 Å². The summed E-state index contributed by atoms with van der Waals surface area (Å²) < 4.78 is 22.2. The smallest absolute Gasteiger partial charge is 0.207 e. The van der Waals surface area contributed by atoms with Crippen molar-refractivity contribution >= 4 is 35.7 Å². The van der Waals surface area contributed by atoms with Crippen molar-refractivity contribution < 1.29 is 8.42 Å². The summed E-state index contributed by atoms with van der Waals surface area (Å²) in [6.45, 7) is 1.85. The average molecular weight is 284 g/mol. The Bertz CT molecular complexity index is 400. The average Bonchev–Trinajstić information content (AvgIpc) is 2.03. The van der Waals surface area contributed by atoms with Crippen LogP contribution < -0.4 is 0 Å². The molecule has 0 bridgehead atoms. The number of hydrogen-bond acceptors (Lipinski definition) is 2. The largest absolute Gasteiger partial charge is 0.261 e. The molecule has 1 unspecified atom stereocenters. The van der Waals surface area contributed by atoms with Crippen LogP contribution in [0.3, 0.4) is 0 Å². The Balaban J connectivity index is 3.37. The summed E-state index contributed by atoms with van der Waals surface area (Å²) >= 11 is 3.30. The molecule has 0 spiro atoms. The van der Waals surface area contributed by atoms with Gasteiger partial charge in [0.15, 0.2) is 0 Å². The zero-order chi connectivity index (χ0) is 10.1. The Morgan fingerprint density at radius 1 is 1.38 bits per heavy atom. The van der Waals surface area contributed by atoms with Crippen molar-refractivity contribution in [2.24, 2.45) is 0 Å². The molecule has 0 fully saturated rings. The highest BCUT2D eigenvalue weighted by Gasteiger charge is 2.16. The van der Waals surface area contributed by atoms with Crippen LogP contribution in [0.25, 0.3) is 0 Å². The monoisotopic (exact) mass is 282 g/mol. The molecule has 0 saturated heterocycles. The van der Waals surface area contributed by atoms with Gasteiger partial charge in [-0.05, 0) is 18.6 Å². The van der Waals surface area contributed by atoms with E-state index in [0.717, 1.165) is 0 Å². The van der Waals surface area contributed by atoms with Crippen LogP contribution in [0.5, 0.6) is 0 Å². The molecular formula is C8H8BrClO2S. The van der Waals surface area contributed by atoms with Gasteiger partial charge in [-0.1, -0.05) is 34.1 Å². The van der Waals surface area contributed by atoms with E-state index in [-0.39, 0.29) is 9.72 Å². The zero-order valence-corrected chi connectivity index (χ0v) is 10.0. The lowest BCUT2D eigenvalue weighted by Gasteiger charge is -2.07. The fraction of sp³-hybridized carbons (Fsp3) is 0.250. The highest BCUT2D eigenvalue weighted by Crippen LogP contribution is 2.29. The summed E-state index contributed by atoms with van der Waals surface area (Å²) in [7, 11) is 1.62. The fourth-order valence-corrected chi connectivity index (χ4v) is 2.77. The molecule has 0 heterocycles. The maximum absolute atomic E-state index is 11.1. The Morgan fingerprint density at radius 3 is 2.31 bits per heavy atom. The van der Waals surface area contributed by atoms with Crippen molar-refractivity contribution in [1.29, 1.82) is 0 Å². The topological polar surface area (TPSA) is 34.1 Å². The first-order chi connectivity index (χ1) is 5.93. The lowest BCUT2D eigenvalue weighted by atomic mass is 10.2. The Hall–Kier alpha value is -0.0600. The van der Waals surface area contributed by atoms with Gasteiger partial charge in [0.1, 0.15) is 0 Å². The van der Waals surface area contributed by atoms with Gasteiger partial charge in [0, 0.05) is 15.5 Å². The van der Waals surface area contributed by atoms with Crippen LogP contribution in [0.4, 0.5) is 0 Å². The second-order valence-corrected chi connectivity index (χ2v) is 6.50. The zero-order valence-electron chi connectivity index (χ0n) is 6.87. The molecule has 1 rings (SSSR count). The second-order valence-electron chi connectivity index (χ2n) is 2.59. The van der Waals surface area contributed by atoms with Crippen LogP contribution in [0.15, 0.2) is 29.2 Å². The molecule has 0 aromatic heterocycles. The molecule has 0 aliphatic rings. The van der Waals surface area contributed by atoms with Gasteiger partial charge in [0.2, 0.25) is 0 Å². The van der Waals surface area contributed by atoms with Gasteiger partial charge in [-0.15, -0.1) is 0 Å². The molecule has 2 nitrogen and oxygen atoms in total. The fourth-order valence-electron chi connectivity index (χ4n) is 1.03. The van der Waals surface area contributed by atoms with E-state index in [4.69, 9.17) is 10.7 Å². The summed E-state index contributed by atoms with van der Waals surface area (Å²) in [4.78, 5) is 0.137. The molecule has 0 saturated carbocycles. The van der Waals surface area contributed by atoms with Gasteiger partial charge in [0.25, 0.3) is 9.05 Å². The van der Waals surface area contributed by atoms with Crippen LogP contribution in [-0.4, -0.2) is 8.42 Å². The van der Waals surface area contributed by atoms with E-state index in [9.17, 15) is 8.42 Å². The highest BCUT2D eigenvalue weighted by molar-refractivity contribution is 9.09. The summed E-state index contributed by atoms with van der Waals surface area (Å²) in [6, 6.07) is 6.65. The van der Waals surface area contributed by atoms with E-state index in [2.05, 4.69) is 15.9 Å². The van der Waals surface area contributed by atoms with Gasteiger partial charge in [0.05, 0.1) is 4.90 Å². The number of halogens is 2. The van der Waals surface area contributed by atoms with E-state index < -0.39 is 9.05 Å². The van der Waals surface area contributed by atoms with Crippen molar-refractivity contribution in [1.82, 2.24) is 0 Å². The lowest BCUT2D eigenvalue weighted by molar-refractivity contribution is 0.608. The predicted molar refractivity (Wildman–Crippen MR) is 56.8 cm³/mol. The standard InChI is InChI=1S/C8H8BrClO2S/c1-6(9)7-4-2-3-5-8(7)13(10,11)12/h2-6H,1H3. The van der Waals surface area contributed by atoms with Crippen molar-refractivity contribution in [3.63, 3.8) is 0 Å². The summed E-state index contributed by atoms with van der Waals surface area (Å²) in [6.07, 6.45) is 0. The maximum atomic E-state index is 11.1. The van der Waals surface area contributed by atoms with Crippen LogP contribution in [0.2, 0.25) is 0 Å². The minimum Gasteiger partial charge on any atom is -0.207 e. The van der Waals surface area contributed by atoms with Gasteiger partial charge in [-0.2, -0.15) is 0 Å². The molecule has 0 amide bonds. The van der Waals surface area contributed by atoms with Crippen LogP contribution in [0.1, 0.15) is 17.3 Å². The molecule has 1 aromatic rings. The Morgan fingerprint density at radius 2 is 1.92 bits per heavy atom. The summed E-state index contributed by atoms with van der Waals surface area (Å²) in [5.41, 5.74) is 0.678. The number of alkyl halides is 1. The predicted octanol–water partition coefficient (Wildman–Crippen LogP) is 3.07. The number of hydrogen-bond donors (Lipinski definition) is 0. The van der Waals surface area contributed by atoms with Gasteiger partial charge in [-0.25, -0.2) is 8.42 Å². The third-order valence-electron chi connectivity index (χ3n) is 1.61. The van der Waals surface area contributed by atoms with Gasteiger partial charge >= 0.3 is 0 Å². The van der Waals surface area contributed by atoms with Gasteiger partial charge in [-0.3, -0.25) is 0 Å². The molecule has 13 heavy (non-hydrogen) atoms. The van der Waals surface area contributed by atoms with Gasteiger partial charge < -0.3 is 0 Å². The summed E-state index contributed by atoms with van der Waals surface area (Å²) in [5.74, 6) is 0. The minimum absolute atomic E-state index is 0.0303. The number of rotatable bonds is 2. The quantitative estimate of drug-likeness (QED) is 0.617. The van der Waals surface area contributed by atoms with E-state index >= 15 is 0 Å². The lowest BCUT2D eigenvalue weighted by Crippen LogP contribution is -1.97. The van der Waals surface area contributed by atoms with E-state index in [0.29, 0.717) is 5.56 Å². The molecule has 5 heteroatoms. The molecule has 0 aliphatic heterocycles. The SMILES string of the molecule is CC(Br)c1ccccc1S(=O)(=O)Cl. The first kappa shape index (κ1) is 11.0. The first-order valence-electron chi connectivity index (χ1n) is 3.60. The van der Waals surface area contributed by atoms with E-state index in [1.807, 2.05) is 6.92 Å². The molecule has 1 aromatic carbocycles. The molecule has 0 N–H and O–H groups in total. The highest BCUT2D eigenvalue weighted by atomic mass is 79.9. The van der Waals surface area contributed by atoms with Crippen LogP contribution in [0, 0.1) is 0 Å². The van der Waals surface area contributed by atoms with Crippen molar-refractivity contribution in [3.8, 4) is 0 Å². The molecule has 1 atom stereocenters. The normalized spacial score (nSPS) is 14.1. The van der Waals surface area contributed by atoms with Crippen LogP contribution >= 0.6 is 26.6 Å². The Labute approximate surface area is 90.5 Å². The third kappa shape index (κ3) is 2.69. The van der Waals surface area contributed by atoms with Crippen LogP contribution in [-0.2, 0) is 9.05 Å². The third-order valence-corrected chi connectivity index (χ3v) is 3.50. The second kappa shape index (κ2) is 3.98. The molecule has 0 radical (unpaired) electrons. The minimum atomic E-state index is -3.64. The van der Waals surface area contributed by atoms with Crippen molar-refractivity contribution in [2.45, 2.75) is 16.6 Å². The molecule has 72 valence electrons. The first-order valence-corrected chi connectivity index (χ1v) is 6.83.